The molecule has 0 spiro atoms. The summed E-state index contributed by atoms with van der Waals surface area (Å²) >= 11 is 0. The van der Waals surface area contributed by atoms with E-state index in [1.165, 1.54) is 6.92 Å². The predicted molar refractivity (Wildman–Crippen MR) is 59.1 cm³/mol. The molecule has 1 amide bonds. The number of hydrogen-bond donors (Lipinski definition) is 1. The second-order valence-electron chi connectivity index (χ2n) is 3.97. The Balaban J connectivity index is 2.61. The highest BCUT2D eigenvalue weighted by Crippen LogP contribution is 2.46. The normalized spacial score (nSPS) is 19.0. The van der Waals surface area contributed by atoms with Crippen LogP contribution in [0.1, 0.15) is 33.6 Å². The second kappa shape index (κ2) is 4.43. The van der Waals surface area contributed by atoms with Crippen molar-refractivity contribution < 1.29 is 9.59 Å². The first-order valence-electron chi connectivity index (χ1n) is 5.15. The van der Waals surface area contributed by atoms with E-state index in [9.17, 15) is 9.59 Å². The standard InChI is InChI=1S/C12H17NO2/c1-4-5-6-9(2)13-11(15)12(7-8-12)10(3)14/h4-6H,7-8H2,1-3H3,(H,13,15)/b5-4-,9-6+. The van der Waals surface area contributed by atoms with Crippen LogP contribution in [0.2, 0.25) is 0 Å². The summed E-state index contributed by atoms with van der Waals surface area (Å²) in [7, 11) is 0. The summed E-state index contributed by atoms with van der Waals surface area (Å²) < 4.78 is 0. The molecule has 0 bridgehead atoms. The third kappa shape index (κ3) is 2.55. The zero-order valence-electron chi connectivity index (χ0n) is 9.46. The smallest absolute Gasteiger partial charge is 0.237 e. The highest BCUT2D eigenvalue weighted by Gasteiger charge is 2.54. The quantitative estimate of drug-likeness (QED) is 0.565. The Labute approximate surface area is 90.2 Å². The molecule has 0 heterocycles. The van der Waals surface area contributed by atoms with E-state index in [0.717, 1.165) is 5.70 Å². The first kappa shape index (κ1) is 11.7. The van der Waals surface area contributed by atoms with E-state index in [-0.39, 0.29) is 11.7 Å². The Hall–Kier alpha value is -1.38. The SMILES string of the molecule is C/C=C\C=C(/C)NC(=O)C1(C(C)=O)CC1. The summed E-state index contributed by atoms with van der Waals surface area (Å²) in [5.74, 6) is -0.188. The molecular formula is C12H17NO2. The van der Waals surface area contributed by atoms with Gasteiger partial charge in [-0.15, -0.1) is 0 Å². The van der Waals surface area contributed by atoms with E-state index >= 15 is 0 Å². The summed E-state index contributed by atoms with van der Waals surface area (Å²) in [6.07, 6.45) is 6.92. The Bertz CT molecular complexity index is 336. The second-order valence-corrected chi connectivity index (χ2v) is 3.97. The Morgan fingerprint density at radius 2 is 1.87 bits per heavy atom. The topological polar surface area (TPSA) is 46.2 Å². The van der Waals surface area contributed by atoms with Crippen LogP contribution in [0.25, 0.3) is 0 Å². The van der Waals surface area contributed by atoms with Crippen LogP contribution in [0.4, 0.5) is 0 Å². The van der Waals surface area contributed by atoms with Crippen LogP contribution < -0.4 is 5.32 Å². The highest BCUT2D eigenvalue weighted by atomic mass is 16.2. The molecule has 0 aromatic carbocycles. The van der Waals surface area contributed by atoms with Gasteiger partial charge < -0.3 is 5.32 Å². The van der Waals surface area contributed by atoms with Gasteiger partial charge in [0.2, 0.25) is 5.91 Å². The van der Waals surface area contributed by atoms with Crippen molar-refractivity contribution in [2.24, 2.45) is 5.41 Å². The minimum atomic E-state index is -0.717. The third-order valence-corrected chi connectivity index (χ3v) is 2.71. The molecule has 1 aliphatic rings. The molecule has 0 aliphatic heterocycles. The Morgan fingerprint density at radius 1 is 1.27 bits per heavy atom. The maximum absolute atomic E-state index is 11.7. The van der Waals surface area contributed by atoms with Crippen molar-refractivity contribution in [1.82, 2.24) is 5.32 Å². The van der Waals surface area contributed by atoms with E-state index in [2.05, 4.69) is 5.32 Å². The molecule has 0 saturated heterocycles. The van der Waals surface area contributed by atoms with Gasteiger partial charge in [-0.05, 0) is 39.7 Å². The third-order valence-electron chi connectivity index (χ3n) is 2.71. The van der Waals surface area contributed by atoms with E-state index in [4.69, 9.17) is 0 Å². The monoisotopic (exact) mass is 207 g/mol. The average Bonchev–Trinajstić information content (AvgIpc) is 2.95. The lowest BCUT2D eigenvalue weighted by atomic mass is 10.0. The number of amides is 1. The van der Waals surface area contributed by atoms with Crippen molar-refractivity contribution in [3.8, 4) is 0 Å². The molecule has 0 atom stereocenters. The van der Waals surface area contributed by atoms with Gasteiger partial charge >= 0.3 is 0 Å². The molecule has 0 aromatic heterocycles. The summed E-state index contributed by atoms with van der Waals surface area (Å²) in [4.78, 5) is 23.0. The van der Waals surface area contributed by atoms with Gasteiger partial charge in [0, 0.05) is 5.70 Å². The van der Waals surface area contributed by atoms with Crippen LogP contribution in [0, 0.1) is 5.41 Å². The molecular weight excluding hydrogens is 190 g/mol. The lowest BCUT2D eigenvalue weighted by molar-refractivity contribution is -0.134. The van der Waals surface area contributed by atoms with Crippen molar-refractivity contribution in [1.29, 1.82) is 0 Å². The number of rotatable bonds is 4. The highest BCUT2D eigenvalue weighted by molar-refractivity contribution is 6.08. The van der Waals surface area contributed by atoms with Gasteiger partial charge in [-0.2, -0.15) is 0 Å². The average molecular weight is 207 g/mol. The van der Waals surface area contributed by atoms with Crippen LogP contribution in [-0.2, 0) is 9.59 Å². The van der Waals surface area contributed by atoms with Crippen molar-refractivity contribution in [2.75, 3.05) is 0 Å². The largest absolute Gasteiger partial charge is 0.329 e. The molecule has 1 aliphatic carbocycles. The molecule has 0 radical (unpaired) electrons. The molecule has 1 fully saturated rings. The van der Waals surface area contributed by atoms with Crippen molar-refractivity contribution in [3.05, 3.63) is 23.9 Å². The maximum atomic E-state index is 11.7. The first-order chi connectivity index (χ1) is 7.03. The van der Waals surface area contributed by atoms with Crippen LogP contribution >= 0.6 is 0 Å². The minimum absolute atomic E-state index is 0.0289. The molecule has 15 heavy (non-hydrogen) atoms. The lowest BCUT2D eigenvalue weighted by Gasteiger charge is -2.11. The van der Waals surface area contributed by atoms with Gasteiger partial charge in [-0.1, -0.05) is 12.2 Å². The predicted octanol–water partition coefficient (Wildman–Crippen LogP) is 1.95. The van der Waals surface area contributed by atoms with E-state index < -0.39 is 5.41 Å². The number of nitrogens with one attached hydrogen (secondary N) is 1. The van der Waals surface area contributed by atoms with Crippen molar-refractivity contribution in [3.63, 3.8) is 0 Å². The zero-order valence-corrected chi connectivity index (χ0v) is 9.46. The minimum Gasteiger partial charge on any atom is -0.329 e. The number of hydrogen-bond acceptors (Lipinski definition) is 2. The number of Topliss-reactive ketones (excluding diaryl/α,β-unsaturated/α-hetero) is 1. The number of carbonyl (C=O) groups is 2. The maximum Gasteiger partial charge on any atom is 0.237 e. The number of carbonyl (C=O) groups excluding carboxylic acids is 2. The summed E-state index contributed by atoms with van der Waals surface area (Å²) in [5.41, 5.74) is 0.0519. The zero-order chi connectivity index (χ0) is 11.5. The Kier molecular flexibility index (Phi) is 3.45. The molecule has 1 saturated carbocycles. The summed E-state index contributed by atoms with van der Waals surface area (Å²) in [6.45, 7) is 5.20. The molecule has 0 aromatic rings. The van der Waals surface area contributed by atoms with E-state index in [1.807, 2.05) is 32.1 Å². The van der Waals surface area contributed by atoms with E-state index in [0.29, 0.717) is 12.8 Å². The molecule has 3 nitrogen and oxygen atoms in total. The van der Waals surface area contributed by atoms with Gasteiger partial charge in [-0.3, -0.25) is 9.59 Å². The molecule has 1 rings (SSSR count). The molecule has 0 unspecified atom stereocenters. The molecule has 82 valence electrons. The van der Waals surface area contributed by atoms with Crippen molar-refractivity contribution in [2.45, 2.75) is 33.6 Å². The van der Waals surface area contributed by atoms with Crippen molar-refractivity contribution >= 4 is 11.7 Å². The fraction of sp³-hybridized carbons (Fsp3) is 0.500. The fourth-order valence-corrected chi connectivity index (χ4v) is 1.44. The van der Waals surface area contributed by atoms with Gasteiger partial charge in [-0.25, -0.2) is 0 Å². The number of allylic oxidation sites excluding steroid dienone is 4. The van der Waals surface area contributed by atoms with Gasteiger partial charge in [0.15, 0.2) is 0 Å². The number of ketones is 1. The Morgan fingerprint density at radius 3 is 2.27 bits per heavy atom. The van der Waals surface area contributed by atoms with Crippen LogP contribution in [0.5, 0.6) is 0 Å². The van der Waals surface area contributed by atoms with Gasteiger partial charge in [0.05, 0.1) is 0 Å². The first-order valence-corrected chi connectivity index (χ1v) is 5.15. The fourth-order valence-electron chi connectivity index (χ4n) is 1.44. The summed E-state index contributed by atoms with van der Waals surface area (Å²) in [6, 6.07) is 0. The molecule has 3 heteroatoms. The van der Waals surface area contributed by atoms with Gasteiger partial charge in [0.25, 0.3) is 0 Å². The van der Waals surface area contributed by atoms with E-state index in [1.54, 1.807) is 0 Å². The van der Waals surface area contributed by atoms with Crippen LogP contribution in [-0.4, -0.2) is 11.7 Å². The summed E-state index contributed by atoms with van der Waals surface area (Å²) in [5, 5.41) is 2.75. The van der Waals surface area contributed by atoms with Gasteiger partial charge in [0.1, 0.15) is 11.2 Å². The molecule has 1 N–H and O–H groups in total. The lowest BCUT2D eigenvalue weighted by Crippen LogP contribution is -2.34. The van der Waals surface area contributed by atoms with Crippen LogP contribution in [0.3, 0.4) is 0 Å². The van der Waals surface area contributed by atoms with Crippen LogP contribution in [0.15, 0.2) is 23.9 Å².